The Balaban J connectivity index is 2.19. The van der Waals surface area contributed by atoms with Gasteiger partial charge in [-0.3, -0.25) is 4.68 Å². The lowest BCUT2D eigenvalue weighted by atomic mass is 10.1. The molecule has 0 bridgehead atoms. The highest BCUT2D eigenvalue weighted by atomic mass is 16.6. The van der Waals surface area contributed by atoms with Gasteiger partial charge >= 0.3 is 11.9 Å². The molecular weight excluding hydrogens is 308 g/mol. The van der Waals surface area contributed by atoms with Crippen molar-refractivity contribution in [2.24, 2.45) is 0 Å². The van der Waals surface area contributed by atoms with E-state index in [4.69, 9.17) is 9.47 Å². The first-order chi connectivity index (χ1) is 11.3. The Labute approximate surface area is 141 Å². The van der Waals surface area contributed by atoms with E-state index in [-0.39, 0.29) is 5.97 Å². The Kier molecular flexibility index (Phi) is 5.39. The molecule has 0 saturated heterocycles. The number of ether oxygens (including phenoxy) is 2. The van der Waals surface area contributed by atoms with Crippen LogP contribution in [-0.2, 0) is 16.0 Å². The number of carbonyl (C=O) groups is 2. The van der Waals surface area contributed by atoms with Crippen LogP contribution in [0.3, 0.4) is 0 Å². The van der Waals surface area contributed by atoms with Gasteiger partial charge in [0.1, 0.15) is 5.60 Å². The van der Waals surface area contributed by atoms with E-state index in [0.717, 1.165) is 5.56 Å². The van der Waals surface area contributed by atoms with Crippen LogP contribution < -0.4 is 0 Å². The number of rotatable bonds is 5. The summed E-state index contributed by atoms with van der Waals surface area (Å²) in [6, 6.07) is 7.19. The smallest absolute Gasteiger partial charge is 0.341 e. The van der Waals surface area contributed by atoms with Gasteiger partial charge in [0.05, 0.1) is 30.5 Å². The number of benzene rings is 1. The van der Waals surface area contributed by atoms with Crippen LogP contribution in [0.2, 0.25) is 0 Å². The number of carbonyl (C=O) groups excluding carboxylic acids is 2. The molecule has 0 atom stereocenters. The van der Waals surface area contributed by atoms with Gasteiger partial charge in [-0.1, -0.05) is 18.2 Å². The van der Waals surface area contributed by atoms with Crippen molar-refractivity contribution in [2.45, 2.75) is 39.8 Å². The van der Waals surface area contributed by atoms with Gasteiger partial charge in [0.25, 0.3) is 0 Å². The molecule has 1 aromatic heterocycles. The predicted octanol–water partition coefficient (Wildman–Crippen LogP) is 3.06. The molecule has 1 aromatic carbocycles. The van der Waals surface area contributed by atoms with Gasteiger partial charge in [-0.25, -0.2) is 9.59 Å². The average Bonchev–Trinajstić information content (AvgIpc) is 2.95. The third-order valence-corrected chi connectivity index (χ3v) is 3.11. The van der Waals surface area contributed by atoms with Crippen LogP contribution in [0, 0.1) is 0 Å². The zero-order valence-electron chi connectivity index (χ0n) is 14.4. The fourth-order valence-electron chi connectivity index (χ4n) is 2.13. The number of nitrogens with zero attached hydrogens (tertiary/aromatic N) is 2. The third-order valence-electron chi connectivity index (χ3n) is 3.11. The van der Waals surface area contributed by atoms with Gasteiger partial charge in [-0.2, -0.15) is 5.10 Å². The summed E-state index contributed by atoms with van der Waals surface area (Å²) in [5, 5.41) is 4.15. The summed E-state index contributed by atoms with van der Waals surface area (Å²) in [7, 11) is 0. The zero-order chi connectivity index (χ0) is 17.7. The van der Waals surface area contributed by atoms with Gasteiger partial charge in [0.2, 0.25) is 0 Å². The molecule has 0 N–H and O–H groups in total. The Hall–Kier alpha value is -2.63. The lowest BCUT2D eigenvalue weighted by Crippen LogP contribution is -2.24. The summed E-state index contributed by atoms with van der Waals surface area (Å²) < 4.78 is 12.0. The molecule has 24 heavy (non-hydrogen) atoms. The fourth-order valence-corrected chi connectivity index (χ4v) is 2.13. The standard InChI is InChI=1S/C18H22N2O4/c1-5-23-16(21)14-10-19-20(12-14)11-13-8-6-7-9-15(13)17(22)24-18(2,3)4/h6-10,12H,5,11H2,1-4H3. The summed E-state index contributed by atoms with van der Waals surface area (Å²) in [5.74, 6) is -0.792. The maximum atomic E-state index is 12.3. The second-order valence-electron chi connectivity index (χ2n) is 6.31. The first-order valence-electron chi connectivity index (χ1n) is 7.81. The Morgan fingerprint density at radius 3 is 2.54 bits per heavy atom. The molecule has 0 amide bonds. The topological polar surface area (TPSA) is 70.4 Å². The van der Waals surface area contributed by atoms with E-state index in [1.165, 1.54) is 6.20 Å². The van der Waals surface area contributed by atoms with Gasteiger partial charge in [-0.05, 0) is 39.3 Å². The molecule has 0 fully saturated rings. The van der Waals surface area contributed by atoms with Crippen molar-refractivity contribution in [1.29, 1.82) is 0 Å². The van der Waals surface area contributed by atoms with Gasteiger partial charge in [0.15, 0.2) is 0 Å². The molecule has 0 aliphatic heterocycles. The first-order valence-corrected chi connectivity index (χ1v) is 7.81. The quantitative estimate of drug-likeness (QED) is 0.788. The van der Waals surface area contributed by atoms with E-state index in [1.807, 2.05) is 32.9 Å². The summed E-state index contributed by atoms with van der Waals surface area (Å²) in [4.78, 5) is 24.0. The second kappa shape index (κ2) is 7.29. The fraction of sp³-hybridized carbons (Fsp3) is 0.389. The largest absolute Gasteiger partial charge is 0.462 e. The summed E-state index contributed by atoms with van der Waals surface area (Å²) in [6.45, 7) is 7.89. The summed E-state index contributed by atoms with van der Waals surface area (Å²) in [6.07, 6.45) is 3.05. The van der Waals surface area contributed by atoms with E-state index in [1.54, 1.807) is 29.9 Å². The summed E-state index contributed by atoms with van der Waals surface area (Å²) >= 11 is 0. The molecule has 128 valence electrons. The maximum Gasteiger partial charge on any atom is 0.341 e. The van der Waals surface area contributed by atoms with Gasteiger partial charge < -0.3 is 9.47 Å². The Bertz CT molecular complexity index is 729. The normalized spacial score (nSPS) is 11.2. The Morgan fingerprint density at radius 2 is 1.88 bits per heavy atom. The van der Waals surface area contributed by atoms with Crippen LogP contribution in [0.1, 0.15) is 54.0 Å². The number of hydrogen-bond acceptors (Lipinski definition) is 5. The minimum absolute atomic E-state index is 0.311. The number of aromatic nitrogens is 2. The molecule has 2 aromatic rings. The van der Waals surface area contributed by atoms with E-state index in [9.17, 15) is 9.59 Å². The van der Waals surface area contributed by atoms with Crippen LogP contribution in [0.5, 0.6) is 0 Å². The van der Waals surface area contributed by atoms with E-state index < -0.39 is 11.6 Å². The molecule has 6 heteroatoms. The van der Waals surface area contributed by atoms with Crippen LogP contribution in [0.4, 0.5) is 0 Å². The van der Waals surface area contributed by atoms with E-state index in [2.05, 4.69) is 5.10 Å². The second-order valence-corrected chi connectivity index (χ2v) is 6.31. The molecule has 0 spiro atoms. The molecule has 1 heterocycles. The Morgan fingerprint density at radius 1 is 1.17 bits per heavy atom. The first kappa shape index (κ1) is 17.7. The van der Waals surface area contributed by atoms with Crippen LogP contribution in [-0.4, -0.2) is 33.9 Å². The molecule has 0 radical (unpaired) electrons. The lowest BCUT2D eigenvalue weighted by Gasteiger charge is -2.20. The highest BCUT2D eigenvalue weighted by molar-refractivity contribution is 5.91. The predicted molar refractivity (Wildman–Crippen MR) is 88.9 cm³/mol. The monoisotopic (exact) mass is 330 g/mol. The highest BCUT2D eigenvalue weighted by Crippen LogP contribution is 2.17. The van der Waals surface area contributed by atoms with Crippen LogP contribution >= 0.6 is 0 Å². The zero-order valence-corrected chi connectivity index (χ0v) is 14.4. The van der Waals surface area contributed by atoms with Crippen molar-refractivity contribution in [3.63, 3.8) is 0 Å². The van der Waals surface area contributed by atoms with Crippen molar-refractivity contribution in [3.8, 4) is 0 Å². The van der Waals surface area contributed by atoms with Crippen LogP contribution in [0.25, 0.3) is 0 Å². The van der Waals surface area contributed by atoms with Crippen molar-refractivity contribution < 1.29 is 19.1 Å². The van der Waals surface area contributed by atoms with Gasteiger partial charge in [-0.15, -0.1) is 0 Å². The minimum Gasteiger partial charge on any atom is -0.462 e. The van der Waals surface area contributed by atoms with Crippen molar-refractivity contribution in [2.75, 3.05) is 6.61 Å². The van der Waals surface area contributed by atoms with Crippen molar-refractivity contribution in [3.05, 3.63) is 53.3 Å². The molecular formula is C18H22N2O4. The lowest BCUT2D eigenvalue weighted by molar-refractivity contribution is 0.00679. The van der Waals surface area contributed by atoms with Crippen LogP contribution in [0.15, 0.2) is 36.7 Å². The van der Waals surface area contributed by atoms with Crippen molar-refractivity contribution >= 4 is 11.9 Å². The molecule has 0 aliphatic carbocycles. The molecule has 2 rings (SSSR count). The SMILES string of the molecule is CCOC(=O)c1cnn(Cc2ccccc2C(=O)OC(C)(C)C)c1. The summed E-state index contributed by atoms with van der Waals surface area (Å²) in [5.41, 5.74) is 1.07. The molecule has 0 unspecified atom stereocenters. The highest BCUT2D eigenvalue weighted by Gasteiger charge is 2.20. The van der Waals surface area contributed by atoms with E-state index >= 15 is 0 Å². The minimum atomic E-state index is -0.563. The van der Waals surface area contributed by atoms with Gasteiger partial charge in [0, 0.05) is 6.20 Å². The average molecular weight is 330 g/mol. The maximum absolute atomic E-state index is 12.3. The van der Waals surface area contributed by atoms with E-state index in [0.29, 0.717) is 24.3 Å². The molecule has 0 saturated carbocycles. The number of hydrogen-bond donors (Lipinski definition) is 0. The molecule has 6 nitrogen and oxygen atoms in total. The van der Waals surface area contributed by atoms with Crippen molar-refractivity contribution in [1.82, 2.24) is 9.78 Å². The number of esters is 2. The third kappa shape index (κ3) is 4.68. The molecule has 0 aliphatic rings.